The van der Waals surface area contributed by atoms with Crippen molar-refractivity contribution < 1.29 is 23.1 Å². The van der Waals surface area contributed by atoms with Crippen LogP contribution in [0, 0.1) is 0 Å². The highest BCUT2D eigenvalue weighted by Gasteiger charge is 2.20. The van der Waals surface area contributed by atoms with Crippen LogP contribution in [0.2, 0.25) is 0 Å². The fourth-order valence-corrected chi connectivity index (χ4v) is 3.12. The summed E-state index contributed by atoms with van der Waals surface area (Å²) in [4.78, 5) is 12.5. The number of fused-ring (bicyclic) bond motifs is 1. The van der Waals surface area contributed by atoms with Gasteiger partial charge in [-0.15, -0.1) is 0 Å². The lowest BCUT2D eigenvalue weighted by molar-refractivity contribution is -0.137. The number of nitrogens with zero attached hydrogens (tertiary/aromatic N) is 1. The van der Waals surface area contributed by atoms with E-state index in [1.807, 2.05) is 11.9 Å². The lowest BCUT2D eigenvalue weighted by Gasteiger charge is -2.28. The second-order valence-electron chi connectivity index (χ2n) is 4.79. The number of likely N-dealkylation sites (N-methyl/N-ethyl adjacent to an activating group) is 1. The maximum Gasteiger partial charge on any atom is 0.303 e. The van der Waals surface area contributed by atoms with Crippen LogP contribution in [0.3, 0.4) is 0 Å². The third kappa shape index (κ3) is 3.85. The maximum absolute atomic E-state index is 12.2. The minimum atomic E-state index is -3.64. The maximum atomic E-state index is 12.2. The number of aliphatic carboxylic acids is 1. The third-order valence-electron chi connectivity index (χ3n) is 3.20. The molecule has 0 unspecified atom stereocenters. The summed E-state index contributed by atoms with van der Waals surface area (Å²) < 4.78 is 32.2. The summed E-state index contributed by atoms with van der Waals surface area (Å²) >= 11 is 0. The molecule has 0 saturated carbocycles. The van der Waals surface area contributed by atoms with Crippen molar-refractivity contribution in [3.8, 4) is 5.75 Å². The Morgan fingerprint density at radius 3 is 2.95 bits per heavy atom. The molecule has 0 amide bonds. The molecule has 1 aliphatic rings. The molecule has 1 aromatic carbocycles. The Morgan fingerprint density at radius 1 is 1.48 bits per heavy atom. The number of carboxylic acids is 1. The monoisotopic (exact) mass is 314 g/mol. The van der Waals surface area contributed by atoms with Crippen LogP contribution in [-0.2, 0) is 14.8 Å². The van der Waals surface area contributed by atoms with Crippen LogP contribution in [0.25, 0.3) is 0 Å². The van der Waals surface area contributed by atoms with Gasteiger partial charge in [-0.05, 0) is 24.6 Å². The van der Waals surface area contributed by atoms with Crippen LogP contribution in [0.1, 0.15) is 12.8 Å². The molecule has 1 aliphatic heterocycles. The van der Waals surface area contributed by atoms with Gasteiger partial charge < -0.3 is 14.7 Å². The van der Waals surface area contributed by atoms with Gasteiger partial charge in [-0.25, -0.2) is 13.1 Å². The summed E-state index contributed by atoms with van der Waals surface area (Å²) in [6.07, 6.45) is 0.186. The van der Waals surface area contributed by atoms with Gasteiger partial charge in [0.25, 0.3) is 0 Å². The van der Waals surface area contributed by atoms with E-state index in [0.717, 1.165) is 5.69 Å². The summed E-state index contributed by atoms with van der Waals surface area (Å²) in [5.41, 5.74) is 0.731. The van der Waals surface area contributed by atoms with Gasteiger partial charge in [0.2, 0.25) is 10.0 Å². The summed E-state index contributed by atoms with van der Waals surface area (Å²) in [7, 11) is -1.77. The molecule has 0 saturated heterocycles. The number of benzene rings is 1. The summed E-state index contributed by atoms with van der Waals surface area (Å²) in [5, 5.41) is 8.52. The van der Waals surface area contributed by atoms with Crippen molar-refractivity contribution in [1.29, 1.82) is 0 Å². The second kappa shape index (κ2) is 6.31. The predicted molar refractivity (Wildman–Crippen MR) is 77.3 cm³/mol. The zero-order valence-corrected chi connectivity index (χ0v) is 12.5. The minimum Gasteiger partial charge on any atom is -0.490 e. The highest BCUT2D eigenvalue weighted by Crippen LogP contribution is 2.32. The minimum absolute atomic E-state index is 0.0662. The fourth-order valence-electron chi connectivity index (χ4n) is 2.03. The average molecular weight is 314 g/mol. The van der Waals surface area contributed by atoms with Gasteiger partial charge in [-0.2, -0.15) is 0 Å². The molecule has 1 aromatic rings. The van der Waals surface area contributed by atoms with Crippen molar-refractivity contribution >= 4 is 21.7 Å². The Balaban J connectivity index is 2.09. The molecular formula is C13H18N2O5S. The standard InChI is InChI=1S/C13H18N2O5S/c1-15-7-8-20-12-5-4-10(9-11(12)15)21(18,19)14-6-2-3-13(16)17/h4-5,9,14H,2-3,6-8H2,1H3,(H,16,17). The number of carboxylic acid groups (broad SMARTS) is 1. The van der Waals surface area contributed by atoms with E-state index >= 15 is 0 Å². The number of carbonyl (C=O) groups is 1. The van der Waals surface area contributed by atoms with E-state index in [1.165, 1.54) is 6.07 Å². The number of nitrogens with one attached hydrogen (secondary N) is 1. The molecule has 116 valence electrons. The van der Waals surface area contributed by atoms with Crippen molar-refractivity contribution in [2.24, 2.45) is 0 Å². The van der Waals surface area contributed by atoms with E-state index in [1.54, 1.807) is 12.1 Å². The molecule has 2 N–H and O–H groups in total. The Morgan fingerprint density at radius 2 is 2.24 bits per heavy atom. The molecule has 2 rings (SSSR count). The van der Waals surface area contributed by atoms with Crippen molar-refractivity contribution in [3.63, 3.8) is 0 Å². The topological polar surface area (TPSA) is 95.9 Å². The van der Waals surface area contributed by atoms with Crippen LogP contribution < -0.4 is 14.4 Å². The molecule has 0 fully saturated rings. The zero-order valence-electron chi connectivity index (χ0n) is 11.7. The molecule has 21 heavy (non-hydrogen) atoms. The molecule has 0 spiro atoms. The van der Waals surface area contributed by atoms with Gasteiger partial charge in [0.15, 0.2) is 0 Å². The zero-order chi connectivity index (χ0) is 15.5. The van der Waals surface area contributed by atoms with Crippen molar-refractivity contribution in [2.45, 2.75) is 17.7 Å². The first kappa shape index (κ1) is 15.6. The second-order valence-corrected chi connectivity index (χ2v) is 6.56. The van der Waals surface area contributed by atoms with Gasteiger partial charge in [0, 0.05) is 20.0 Å². The average Bonchev–Trinajstić information content (AvgIpc) is 2.43. The quantitative estimate of drug-likeness (QED) is 0.749. The third-order valence-corrected chi connectivity index (χ3v) is 4.65. The van der Waals surface area contributed by atoms with Crippen molar-refractivity contribution in [2.75, 3.05) is 31.6 Å². The van der Waals surface area contributed by atoms with Gasteiger partial charge in [-0.1, -0.05) is 0 Å². The predicted octanol–water partition coefficient (Wildman–Crippen LogP) is 0.658. The van der Waals surface area contributed by atoms with Gasteiger partial charge in [0.1, 0.15) is 12.4 Å². The van der Waals surface area contributed by atoms with Crippen LogP contribution in [-0.4, -0.2) is 46.2 Å². The number of rotatable bonds is 6. The molecule has 7 nitrogen and oxygen atoms in total. The van der Waals surface area contributed by atoms with Crippen molar-refractivity contribution in [1.82, 2.24) is 4.72 Å². The van der Waals surface area contributed by atoms with Gasteiger partial charge in [0.05, 0.1) is 17.1 Å². The van der Waals surface area contributed by atoms with Gasteiger partial charge in [-0.3, -0.25) is 4.79 Å². The first-order chi connectivity index (χ1) is 9.90. The van der Waals surface area contributed by atoms with E-state index in [0.29, 0.717) is 18.9 Å². The molecule has 0 aromatic heterocycles. The molecule has 0 atom stereocenters. The van der Waals surface area contributed by atoms with Crippen molar-refractivity contribution in [3.05, 3.63) is 18.2 Å². The molecule has 8 heteroatoms. The normalized spacial score (nSPS) is 14.4. The van der Waals surface area contributed by atoms with Crippen LogP contribution in [0.4, 0.5) is 5.69 Å². The molecular weight excluding hydrogens is 296 g/mol. The molecule has 1 heterocycles. The molecule has 0 aliphatic carbocycles. The van der Waals surface area contributed by atoms with E-state index < -0.39 is 16.0 Å². The highest BCUT2D eigenvalue weighted by atomic mass is 32.2. The SMILES string of the molecule is CN1CCOc2ccc(S(=O)(=O)NCCCC(=O)O)cc21. The summed E-state index contributed by atoms with van der Waals surface area (Å²) in [6, 6.07) is 4.68. The largest absolute Gasteiger partial charge is 0.490 e. The van der Waals surface area contributed by atoms with Crippen LogP contribution >= 0.6 is 0 Å². The molecule has 0 radical (unpaired) electrons. The Kier molecular flexibility index (Phi) is 4.69. The Labute approximate surface area is 123 Å². The van der Waals surface area contributed by atoms with Gasteiger partial charge >= 0.3 is 5.97 Å². The fraction of sp³-hybridized carbons (Fsp3) is 0.462. The summed E-state index contributed by atoms with van der Waals surface area (Å²) in [5.74, 6) is -0.282. The summed E-state index contributed by atoms with van der Waals surface area (Å²) in [6.45, 7) is 1.36. The number of ether oxygens (including phenoxy) is 1. The van der Waals surface area contributed by atoms with E-state index in [2.05, 4.69) is 4.72 Å². The lowest BCUT2D eigenvalue weighted by atomic mass is 10.2. The van der Waals surface area contributed by atoms with Crippen LogP contribution in [0.5, 0.6) is 5.75 Å². The highest BCUT2D eigenvalue weighted by molar-refractivity contribution is 7.89. The van der Waals surface area contributed by atoms with E-state index in [4.69, 9.17) is 9.84 Å². The first-order valence-corrected chi connectivity index (χ1v) is 8.08. The smallest absolute Gasteiger partial charge is 0.303 e. The first-order valence-electron chi connectivity index (χ1n) is 6.59. The number of hydrogen-bond acceptors (Lipinski definition) is 5. The van der Waals surface area contributed by atoms with E-state index in [9.17, 15) is 13.2 Å². The van der Waals surface area contributed by atoms with Crippen LogP contribution in [0.15, 0.2) is 23.1 Å². The number of hydrogen-bond donors (Lipinski definition) is 2. The Hall–Kier alpha value is -1.80. The Bertz CT molecular complexity index is 629. The number of sulfonamides is 1. The van der Waals surface area contributed by atoms with E-state index in [-0.39, 0.29) is 24.3 Å². The lowest BCUT2D eigenvalue weighted by Crippen LogP contribution is -2.30. The number of anilines is 1. The molecule has 0 bridgehead atoms.